The molecule has 0 unspecified atom stereocenters. The summed E-state index contributed by atoms with van der Waals surface area (Å²) in [5.41, 5.74) is 0. The highest BCUT2D eigenvalue weighted by atomic mass is 16.5. The molecule has 0 saturated carbocycles. The Hall–Kier alpha value is -0.640. The Kier molecular flexibility index (Phi) is 1.80. The molecule has 0 spiro atoms. The van der Waals surface area contributed by atoms with Crippen LogP contribution in [-0.4, -0.2) is 24.9 Å². The van der Waals surface area contributed by atoms with Gasteiger partial charge in [-0.25, -0.2) is 0 Å². The van der Waals surface area contributed by atoms with Crippen molar-refractivity contribution in [1.29, 1.82) is 0 Å². The van der Waals surface area contributed by atoms with Gasteiger partial charge in [-0.2, -0.15) is 0 Å². The van der Waals surface area contributed by atoms with Crippen LogP contribution >= 0.6 is 0 Å². The van der Waals surface area contributed by atoms with E-state index in [9.17, 15) is 0 Å². The summed E-state index contributed by atoms with van der Waals surface area (Å²) in [7, 11) is 0. The summed E-state index contributed by atoms with van der Waals surface area (Å²) in [5.74, 6) is 0. The average molecular weight is 115 g/mol. The summed E-state index contributed by atoms with van der Waals surface area (Å²) in [6.45, 7) is 4.27. The first-order valence-electron chi connectivity index (χ1n) is 2.70. The molecule has 1 rings (SSSR count). The third-order valence-corrected chi connectivity index (χ3v) is 0.856. The smallest absolute Gasteiger partial charge is 0.0877 e. The van der Waals surface area contributed by atoms with E-state index in [1.165, 1.54) is 0 Å². The highest BCUT2D eigenvalue weighted by molar-refractivity contribution is 4.45. The van der Waals surface area contributed by atoms with E-state index in [4.69, 9.17) is 4.74 Å². The second-order valence-corrected chi connectivity index (χ2v) is 1.47. The minimum atomic E-state index is 0.726. The van der Waals surface area contributed by atoms with E-state index in [-0.39, 0.29) is 0 Å². The molecule has 8 heavy (non-hydrogen) atoms. The molecule has 46 valence electrons. The molecule has 0 aromatic heterocycles. The van der Waals surface area contributed by atoms with Crippen molar-refractivity contribution in [1.82, 2.24) is 5.12 Å². The summed E-state index contributed by atoms with van der Waals surface area (Å²) >= 11 is 0. The van der Waals surface area contributed by atoms with Crippen molar-refractivity contribution in [2.45, 2.75) is 6.92 Å². The quantitative estimate of drug-likeness (QED) is 0.503. The van der Waals surface area contributed by atoms with E-state index in [1.54, 1.807) is 5.12 Å². The number of ether oxygens (including phenoxy) is 1. The third kappa shape index (κ3) is 1.88. The van der Waals surface area contributed by atoms with Crippen LogP contribution in [0, 0.1) is 0 Å². The third-order valence-electron chi connectivity index (χ3n) is 0.856. The second kappa shape index (κ2) is 2.61. The topological polar surface area (TPSA) is 37.0 Å². The number of hydrogen-bond acceptors (Lipinski definition) is 4. The Bertz CT molecular complexity index is 87.3. The molecule has 0 atom stereocenters. The zero-order valence-electron chi connectivity index (χ0n) is 4.87. The van der Waals surface area contributed by atoms with Gasteiger partial charge < -0.3 is 4.74 Å². The lowest BCUT2D eigenvalue weighted by Crippen LogP contribution is -2.06. The van der Waals surface area contributed by atoms with Crippen LogP contribution in [0.15, 0.2) is 10.4 Å². The summed E-state index contributed by atoms with van der Waals surface area (Å²) in [6, 6.07) is 0. The maximum atomic E-state index is 5.02. The van der Waals surface area contributed by atoms with Gasteiger partial charge >= 0.3 is 0 Å². The fourth-order valence-corrected chi connectivity index (χ4v) is 0.408. The molecule has 0 fully saturated rings. The molecular weight excluding hydrogens is 106 g/mol. The molecule has 1 aliphatic heterocycles. The van der Waals surface area contributed by atoms with Gasteiger partial charge in [-0.15, -0.1) is 5.12 Å². The SMILES string of the molecule is CCOCCN1N=N1. The largest absolute Gasteiger partial charge is 0.380 e. The van der Waals surface area contributed by atoms with Gasteiger partial charge in [-0.1, -0.05) is 0 Å². The van der Waals surface area contributed by atoms with Gasteiger partial charge in [-0.3, -0.25) is 0 Å². The normalized spacial score (nSPS) is 14.9. The van der Waals surface area contributed by atoms with Gasteiger partial charge in [0.1, 0.15) is 0 Å². The zero-order valence-corrected chi connectivity index (χ0v) is 4.87. The van der Waals surface area contributed by atoms with Crippen molar-refractivity contribution in [3.63, 3.8) is 0 Å². The van der Waals surface area contributed by atoms with Crippen molar-refractivity contribution >= 4 is 0 Å². The molecule has 0 bridgehead atoms. The maximum Gasteiger partial charge on any atom is 0.0877 e. The van der Waals surface area contributed by atoms with Gasteiger partial charge in [-0.05, 0) is 17.4 Å². The Morgan fingerprint density at radius 1 is 1.50 bits per heavy atom. The summed E-state index contributed by atoms with van der Waals surface area (Å²) in [6.07, 6.45) is 0. The molecule has 0 aromatic rings. The van der Waals surface area contributed by atoms with Crippen molar-refractivity contribution in [2.75, 3.05) is 19.8 Å². The van der Waals surface area contributed by atoms with Crippen LogP contribution in [0.2, 0.25) is 0 Å². The molecule has 0 radical (unpaired) electrons. The van der Waals surface area contributed by atoms with E-state index in [0.29, 0.717) is 0 Å². The first kappa shape index (κ1) is 5.50. The lowest BCUT2D eigenvalue weighted by molar-refractivity contribution is 0.134. The highest BCUT2D eigenvalue weighted by Gasteiger charge is 2.07. The van der Waals surface area contributed by atoms with Crippen LogP contribution in [0.5, 0.6) is 0 Å². The van der Waals surface area contributed by atoms with Gasteiger partial charge in [0.25, 0.3) is 0 Å². The first-order chi connectivity index (χ1) is 3.93. The number of hydrogen-bond donors (Lipinski definition) is 0. The molecule has 4 heteroatoms. The molecule has 4 nitrogen and oxygen atoms in total. The van der Waals surface area contributed by atoms with Gasteiger partial charge in [0.2, 0.25) is 0 Å². The van der Waals surface area contributed by atoms with E-state index < -0.39 is 0 Å². The van der Waals surface area contributed by atoms with Crippen molar-refractivity contribution in [2.24, 2.45) is 10.4 Å². The predicted molar refractivity (Wildman–Crippen MR) is 28.1 cm³/mol. The molecule has 0 saturated heterocycles. The van der Waals surface area contributed by atoms with Gasteiger partial charge in [0.15, 0.2) is 0 Å². The minimum Gasteiger partial charge on any atom is -0.380 e. The molecule has 1 aliphatic rings. The van der Waals surface area contributed by atoms with E-state index >= 15 is 0 Å². The lowest BCUT2D eigenvalue weighted by Gasteiger charge is -1.96. The second-order valence-electron chi connectivity index (χ2n) is 1.47. The molecular formula is C4H9N3O. The van der Waals surface area contributed by atoms with Crippen molar-refractivity contribution in [3.05, 3.63) is 0 Å². The van der Waals surface area contributed by atoms with Gasteiger partial charge in [0.05, 0.1) is 13.2 Å². The van der Waals surface area contributed by atoms with Crippen molar-refractivity contribution < 1.29 is 4.74 Å². The molecule has 0 aromatic carbocycles. The maximum absolute atomic E-state index is 5.02. The van der Waals surface area contributed by atoms with Crippen LogP contribution in [0.1, 0.15) is 6.92 Å². The molecule has 0 aliphatic carbocycles. The fraction of sp³-hybridized carbons (Fsp3) is 1.00. The van der Waals surface area contributed by atoms with E-state index in [1.807, 2.05) is 6.92 Å². The standard InChI is InChI=1S/C4H9N3O/c1-2-8-4-3-7-5-6-7/h2-4H2,1H3. The van der Waals surface area contributed by atoms with Crippen LogP contribution in [0.25, 0.3) is 0 Å². The molecule has 0 N–H and O–H groups in total. The monoisotopic (exact) mass is 115 g/mol. The zero-order chi connectivity index (χ0) is 5.82. The molecule has 1 heterocycles. The molecule has 0 amide bonds. The van der Waals surface area contributed by atoms with Crippen LogP contribution < -0.4 is 0 Å². The lowest BCUT2D eigenvalue weighted by atomic mass is 10.7. The Morgan fingerprint density at radius 3 is 2.75 bits per heavy atom. The van der Waals surface area contributed by atoms with E-state index in [0.717, 1.165) is 19.8 Å². The fourth-order valence-electron chi connectivity index (χ4n) is 0.408. The highest BCUT2D eigenvalue weighted by Crippen LogP contribution is 2.04. The Morgan fingerprint density at radius 2 is 2.25 bits per heavy atom. The van der Waals surface area contributed by atoms with Gasteiger partial charge in [0, 0.05) is 6.61 Å². The van der Waals surface area contributed by atoms with Crippen LogP contribution in [0.4, 0.5) is 0 Å². The first-order valence-corrected chi connectivity index (χ1v) is 2.70. The number of rotatable bonds is 4. The summed E-state index contributed by atoms with van der Waals surface area (Å²) in [4.78, 5) is 0. The number of nitrogens with zero attached hydrogens (tertiary/aromatic N) is 3. The average Bonchev–Trinajstić information content (AvgIpc) is 2.51. The predicted octanol–water partition coefficient (Wildman–Crippen LogP) is 0.621. The Balaban J connectivity index is 1.75. The van der Waals surface area contributed by atoms with Crippen LogP contribution in [-0.2, 0) is 4.74 Å². The van der Waals surface area contributed by atoms with Crippen molar-refractivity contribution in [3.8, 4) is 0 Å². The Labute approximate surface area is 48.1 Å². The summed E-state index contributed by atoms with van der Waals surface area (Å²) in [5, 5.41) is 8.71. The summed E-state index contributed by atoms with van der Waals surface area (Å²) < 4.78 is 5.02. The minimum absolute atomic E-state index is 0.726. The van der Waals surface area contributed by atoms with E-state index in [2.05, 4.69) is 10.4 Å². The van der Waals surface area contributed by atoms with Crippen LogP contribution in [0.3, 0.4) is 0 Å².